The van der Waals surface area contributed by atoms with Gasteiger partial charge in [-0.25, -0.2) is 15.0 Å². The fourth-order valence-electron chi connectivity index (χ4n) is 0.992. The van der Waals surface area contributed by atoms with Crippen LogP contribution in [0.25, 0.3) is 0 Å². The minimum Gasteiger partial charge on any atom is -0.384 e. The maximum absolute atomic E-state index is 5.62. The number of nitrogen functional groups attached to an aromatic ring is 1. The lowest BCUT2D eigenvalue weighted by atomic mass is 10.5. The topological polar surface area (TPSA) is 64.7 Å². The molecule has 0 radical (unpaired) electrons. The fraction of sp³-hybridized carbons (Fsp3) is 0. The van der Waals surface area contributed by atoms with Crippen molar-refractivity contribution in [1.29, 1.82) is 0 Å². The van der Waals surface area contributed by atoms with Crippen LogP contribution in [0, 0.1) is 0 Å². The molecule has 0 aromatic carbocycles. The molecule has 2 N–H and O–H groups in total. The number of hydrogen-bond donors (Lipinski definition) is 1. The normalized spacial score (nSPS) is 10.4. The summed E-state index contributed by atoms with van der Waals surface area (Å²) in [6, 6.07) is 5.42. The Hall–Kier alpha value is -0.660. The first-order valence-electron chi connectivity index (χ1n) is 4.23. The summed E-state index contributed by atoms with van der Waals surface area (Å²) in [5.74, 6) is 0.427. The van der Waals surface area contributed by atoms with Crippen molar-refractivity contribution >= 4 is 49.4 Å². The average molecular weight is 362 g/mol. The average Bonchev–Trinajstić information content (AvgIpc) is 2.20. The van der Waals surface area contributed by atoms with Gasteiger partial charge in [-0.1, -0.05) is 0 Å². The van der Waals surface area contributed by atoms with Gasteiger partial charge in [0.15, 0.2) is 5.16 Å². The van der Waals surface area contributed by atoms with Crippen LogP contribution in [0.2, 0.25) is 0 Å². The molecule has 0 spiro atoms. The predicted molar refractivity (Wildman–Crippen MR) is 70.2 cm³/mol. The van der Waals surface area contributed by atoms with Crippen molar-refractivity contribution < 1.29 is 0 Å². The number of rotatable bonds is 2. The third kappa shape index (κ3) is 2.93. The third-order valence-corrected chi connectivity index (χ3v) is 3.80. The van der Waals surface area contributed by atoms with Crippen molar-refractivity contribution in [2.24, 2.45) is 0 Å². The molecule has 16 heavy (non-hydrogen) atoms. The van der Waals surface area contributed by atoms with Crippen LogP contribution >= 0.6 is 43.6 Å². The minimum absolute atomic E-state index is 0.427. The van der Waals surface area contributed by atoms with E-state index in [1.165, 1.54) is 11.8 Å². The summed E-state index contributed by atoms with van der Waals surface area (Å²) in [7, 11) is 0. The summed E-state index contributed by atoms with van der Waals surface area (Å²) in [6.07, 6.45) is 1.72. The number of halogens is 2. The van der Waals surface area contributed by atoms with Crippen LogP contribution < -0.4 is 5.73 Å². The number of hydrogen-bond acceptors (Lipinski definition) is 5. The van der Waals surface area contributed by atoms with Crippen molar-refractivity contribution in [3.05, 3.63) is 33.5 Å². The van der Waals surface area contributed by atoms with E-state index >= 15 is 0 Å². The molecule has 0 amide bonds. The molecule has 7 heteroatoms. The van der Waals surface area contributed by atoms with Crippen molar-refractivity contribution in [3.63, 3.8) is 0 Å². The summed E-state index contributed by atoms with van der Waals surface area (Å²) in [6.45, 7) is 0. The third-order valence-electron chi connectivity index (χ3n) is 1.61. The van der Waals surface area contributed by atoms with Gasteiger partial charge in [-0.3, -0.25) is 0 Å². The highest BCUT2D eigenvalue weighted by molar-refractivity contribution is 9.10. The minimum atomic E-state index is 0.427. The summed E-state index contributed by atoms with van der Waals surface area (Å²) in [5.41, 5.74) is 5.62. The monoisotopic (exact) mass is 360 g/mol. The number of aromatic nitrogens is 3. The second-order valence-electron chi connectivity index (χ2n) is 2.79. The van der Waals surface area contributed by atoms with Gasteiger partial charge in [0.25, 0.3) is 0 Å². The molecule has 82 valence electrons. The fourth-order valence-corrected chi connectivity index (χ4v) is 2.76. The highest BCUT2D eigenvalue weighted by atomic mass is 79.9. The van der Waals surface area contributed by atoms with E-state index in [0.29, 0.717) is 15.6 Å². The van der Waals surface area contributed by atoms with Gasteiger partial charge in [0, 0.05) is 12.3 Å². The van der Waals surface area contributed by atoms with Crippen LogP contribution in [0.5, 0.6) is 0 Å². The van der Waals surface area contributed by atoms with E-state index in [1.54, 1.807) is 12.3 Å². The van der Waals surface area contributed by atoms with E-state index in [4.69, 9.17) is 5.73 Å². The van der Waals surface area contributed by atoms with Crippen molar-refractivity contribution in [1.82, 2.24) is 15.0 Å². The zero-order chi connectivity index (χ0) is 11.5. The molecule has 2 rings (SSSR count). The molecule has 0 aliphatic carbocycles. The molecule has 0 saturated carbocycles. The maximum Gasteiger partial charge on any atom is 0.196 e. The van der Waals surface area contributed by atoms with Crippen molar-refractivity contribution in [2.75, 3.05) is 5.73 Å². The summed E-state index contributed by atoms with van der Waals surface area (Å²) >= 11 is 8.03. The Balaban J connectivity index is 2.30. The Morgan fingerprint density at radius 1 is 1.25 bits per heavy atom. The second-order valence-corrected chi connectivity index (χ2v) is 5.41. The Kier molecular flexibility index (Phi) is 3.78. The summed E-state index contributed by atoms with van der Waals surface area (Å²) < 4.78 is 1.57. The standard InChI is InChI=1S/C9H6Br2N4S/c10-5-2-1-3-13-8(5)16-9-14-6(11)4-7(12)15-9/h1-4H,(H2,12,14,15). The zero-order valence-electron chi connectivity index (χ0n) is 7.89. The first-order valence-corrected chi connectivity index (χ1v) is 6.64. The Morgan fingerprint density at radius 2 is 2.06 bits per heavy atom. The molecular weight excluding hydrogens is 356 g/mol. The number of pyridine rings is 1. The van der Waals surface area contributed by atoms with Gasteiger partial charge in [-0.05, 0) is 55.8 Å². The molecule has 0 unspecified atom stereocenters. The van der Waals surface area contributed by atoms with E-state index in [1.807, 2.05) is 12.1 Å². The Labute approximate surface area is 113 Å². The molecule has 0 aliphatic rings. The van der Waals surface area contributed by atoms with Gasteiger partial charge in [-0.2, -0.15) is 0 Å². The van der Waals surface area contributed by atoms with E-state index in [2.05, 4.69) is 46.8 Å². The zero-order valence-corrected chi connectivity index (χ0v) is 11.9. The molecular formula is C9H6Br2N4S. The first-order chi connectivity index (χ1) is 7.65. The van der Waals surface area contributed by atoms with Crippen molar-refractivity contribution in [2.45, 2.75) is 10.2 Å². The van der Waals surface area contributed by atoms with Gasteiger partial charge in [0.05, 0.1) is 4.47 Å². The van der Waals surface area contributed by atoms with E-state index in [9.17, 15) is 0 Å². The smallest absolute Gasteiger partial charge is 0.196 e. The molecule has 2 aromatic rings. The van der Waals surface area contributed by atoms with Gasteiger partial charge < -0.3 is 5.73 Å². The molecule has 4 nitrogen and oxygen atoms in total. The number of anilines is 1. The molecule has 0 atom stereocenters. The van der Waals surface area contributed by atoms with Gasteiger partial charge in [0.2, 0.25) is 0 Å². The predicted octanol–water partition coefficient (Wildman–Crippen LogP) is 3.13. The van der Waals surface area contributed by atoms with Crippen LogP contribution in [0.4, 0.5) is 5.82 Å². The lowest BCUT2D eigenvalue weighted by molar-refractivity contribution is 0.949. The van der Waals surface area contributed by atoms with Crippen LogP contribution in [0.1, 0.15) is 0 Å². The molecule has 0 aliphatic heterocycles. The van der Waals surface area contributed by atoms with Crippen LogP contribution in [-0.2, 0) is 0 Å². The number of nitrogens with zero attached hydrogens (tertiary/aromatic N) is 3. The Bertz CT molecular complexity index is 500. The highest BCUT2D eigenvalue weighted by Crippen LogP contribution is 2.30. The first kappa shape index (κ1) is 11.8. The quantitative estimate of drug-likeness (QED) is 0.657. The van der Waals surface area contributed by atoms with E-state index in [-0.39, 0.29) is 0 Å². The van der Waals surface area contributed by atoms with Gasteiger partial charge in [0.1, 0.15) is 15.4 Å². The van der Waals surface area contributed by atoms with Crippen molar-refractivity contribution in [3.8, 4) is 0 Å². The lowest BCUT2D eigenvalue weighted by Gasteiger charge is -2.02. The lowest BCUT2D eigenvalue weighted by Crippen LogP contribution is -1.95. The maximum atomic E-state index is 5.62. The van der Waals surface area contributed by atoms with E-state index < -0.39 is 0 Å². The summed E-state index contributed by atoms with van der Waals surface area (Å²) in [4.78, 5) is 12.5. The van der Waals surface area contributed by atoms with Crippen LogP contribution in [0.15, 0.2) is 43.7 Å². The molecule has 0 bridgehead atoms. The SMILES string of the molecule is Nc1cc(Br)nc(Sc2ncccc2Br)n1. The molecule has 0 saturated heterocycles. The Morgan fingerprint density at radius 3 is 2.75 bits per heavy atom. The molecule has 2 aromatic heterocycles. The van der Waals surface area contributed by atoms with Gasteiger partial charge in [-0.15, -0.1) is 0 Å². The number of nitrogens with two attached hydrogens (primary N) is 1. The van der Waals surface area contributed by atoms with Crippen LogP contribution in [0.3, 0.4) is 0 Å². The van der Waals surface area contributed by atoms with Crippen LogP contribution in [-0.4, -0.2) is 15.0 Å². The van der Waals surface area contributed by atoms with Gasteiger partial charge >= 0.3 is 0 Å². The summed E-state index contributed by atoms with van der Waals surface area (Å²) in [5, 5.41) is 1.37. The second kappa shape index (κ2) is 5.11. The molecule has 2 heterocycles. The largest absolute Gasteiger partial charge is 0.384 e. The highest BCUT2D eigenvalue weighted by Gasteiger charge is 2.07. The van der Waals surface area contributed by atoms with E-state index in [0.717, 1.165) is 9.50 Å². The molecule has 0 fully saturated rings.